The first kappa shape index (κ1) is 10.3. The van der Waals surface area contributed by atoms with Gasteiger partial charge in [-0.05, 0) is 36.3 Å². The van der Waals surface area contributed by atoms with Gasteiger partial charge in [-0.15, -0.1) is 11.3 Å². The average Bonchev–Trinajstić information content (AvgIpc) is 2.51. The number of carboxylic acids is 1. The second-order valence-electron chi connectivity index (χ2n) is 2.97. The van der Waals surface area contributed by atoms with E-state index in [-0.39, 0.29) is 6.42 Å². The SMILES string of the molecule is CCc1ccsc1CCCC(=O)O. The third-order valence-corrected chi connectivity index (χ3v) is 3.04. The lowest BCUT2D eigenvalue weighted by Gasteiger charge is -1.99. The lowest BCUT2D eigenvalue weighted by molar-refractivity contribution is -0.137. The Labute approximate surface area is 82.2 Å². The zero-order valence-electron chi connectivity index (χ0n) is 7.75. The number of thiophene rings is 1. The summed E-state index contributed by atoms with van der Waals surface area (Å²) in [5.41, 5.74) is 1.37. The molecule has 0 unspecified atom stereocenters. The fraction of sp³-hybridized carbons (Fsp3) is 0.500. The molecule has 3 heteroatoms. The predicted octanol–water partition coefficient (Wildman–Crippen LogP) is 2.72. The summed E-state index contributed by atoms with van der Waals surface area (Å²) in [4.78, 5) is 11.6. The van der Waals surface area contributed by atoms with Gasteiger partial charge in [0, 0.05) is 11.3 Å². The first-order valence-corrected chi connectivity index (χ1v) is 5.39. The molecular weight excluding hydrogens is 184 g/mol. The van der Waals surface area contributed by atoms with Crippen LogP contribution in [0.4, 0.5) is 0 Å². The van der Waals surface area contributed by atoms with Crippen molar-refractivity contribution in [3.8, 4) is 0 Å². The Morgan fingerprint density at radius 2 is 2.38 bits per heavy atom. The second-order valence-corrected chi connectivity index (χ2v) is 3.97. The molecule has 13 heavy (non-hydrogen) atoms. The summed E-state index contributed by atoms with van der Waals surface area (Å²) >= 11 is 1.73. The fourth-order valence-electron chi connectivity index (χ4n) is 1.30. The molecule has 0 saturated heterocycles. The summed E-state index contributed by atoms with van der Waals surface area (Å²) in [5.74, 6) is -0.699. The average molecular weight is 198 g/mol. The van der Waals surface area contributed by atoms with E-state index in [2.05, 4.69) is 18.4 Å². The van der Waals surface area contributed by atoms with Gasteiger partial charge in [0.2, 0.25) is 0 Å². The number of carbonyl (C=O) groups is 1. The number of aryl methyl sites for hydroxylation is 2. The van der Waals surface area contributed by atoms with Crippen LogP contribution in [0.5, 0.6) is 0 Å². The molecule has 1 aromatic heterocycles. The number of carboxylic acid groups (broad SMARTS) is 1. The number of rotatable bonds is 5. The minimum atomic E-state index is -0.699. The van der Waals surface area contributed by atoms with Crippen molar-refractivity contribution in [1.29, 1.82) is 0 Å². The van der Waals surface area contributed by atoms with Crippen LogP contribution in [-0.2, 0) is 17.6 Å². The molecule has 0 aliphatic heterocycles. The van der Waals surface area contributed by atoms with E-state index in [9.17, 15) is 4.79 Å². The highest BCUT2D eigenvalue weighted by molar-refractivity contribution is 7.10. The smallest absolute Gasteiger partial charge is 0.303 e. The van der Waals surface area contributed by atoms with Crippen LogP contribution in [0.1, 0.15) is 30.2 Å². The normalized spacial score (nSPS) is 10.2. The van der Waals surface area contributed by atoms with Gasteiger partial charge in [-0.3, -0.25) is 4.79 Å². The highest BCUT2D eigenvalue weighted by atomic mass is 32.1. The van der Waals surface area contributed by atoms with Crippen molar-refractivity contribution in [3.05, 3.63) is 21.9 Å². The molecule has 0 radical (unpaired) electrons. The van der Waals surface area contributed by atoms with Gasteiger partial charge < -0.3 is 5.11 Å². The quantitative estimate of drug-likeness (QED) is 0.789. The maximum Gasteiger partial charge on any atom is 0.303 e. The first-order chi connectivity index (χ1) is 6.24. The molecule has 0 aromatic carbocycles. The Morgan fingerprint density at radius 3 is 3.00 bits per heavy atom. The van der Waals surface area contributed by atoms with Crippen LogP contribution in [-0.4, -0.2) is 11.1 Å². The zero-order valence-corrected chi connectivity index (χ0v) is 8.56. The van der Waals surface area contributed by atoms with Crippen molar-refractivity contribution < 1.29 is 9.90 Å². The van der Waals surface area contributed by atoms with Gasteiger partial charge in [0.05, 0.1) is 0 Å². The van der Waals surface area contributed by atoms with E-state index in [1.165, 1.54) is 10.4 Å². The summed E-state index contributed by atoms with van der Waals surface area (Å²) in [5, 5.41) is 10.6. The minimum absolute atomic E-state index is 0.279. The molecule has 1 heterocycles. The third kappa shape index (κ3) is 3.19. The van der Waals surface area contributed by atoms with Crippen LogP contribution in [0.15, 0.2) is 11.4 Å². The fourth-order valence-corrected chi connectivity index (χ4v) is 2.32. The van der Waals surface area contributed by atoms with Gasteiger partial charge in [0.15, 0.2) is 0 Å². The molecular formula is C10H14O2S. The molecule has 1 rings (SSSR count). The molecule has 2 nitrogen and oxygen atoms in total. The lowest BCUT2D eigenvalue weighted by Crippen LogP contribution is -1.96. The Kier molecular flexibility index (Phi) is 3.96. The molecule has 0 saturated carbocycles. The van der Waals surface area contributed by atoms with E-state index in [0.717, 1.165) is 19.3 Å². The minimum Gasteiger partial charge on any atom is -0.481 e. The largest absolute Gasteiger partial charge is 0.481 e. The molecule has 0 fully saturated rings. The predicted molar refractivity (Wildman–Crippen MR) is 54.3 cm³/mol. The number of aliphatic carboxylic acids is 1. The molecule has 0 aliphatic rings. The van der Waals surface area contributed by atoms with Crippen molar-refractivity contribution in [2.75, 3.05) is 0 Å². The van der Waals surface area contributed by atoms with Crippen molar-refractivity contribution in [1.82, 2.24) is 0 Å². The third-order valence-electron chi connectivity index (χ3n) is 2.01. The van der Waals surface area contributed by atoms with E-state index >= 15 is 0 Å². The Hall–Kier alpha value is -0.830. The van der Waals surface area contributed by atoms with Crippen LogP contribution in [0.3, 0.4) is 0 Å². The van der Waals surface area contributed by atoms with Gasteiger partial charge in [-0.2, -0.15) is 0 Å². The van der Waals surface area contributed by atoms with Gasteiger partial charge in [0.1, 0.15) is 0 Å². The summed E-state index contributed by atoms with van der Waals surface area (Å²) in [6, 6.07) is 2.13. The molecule has 0 amide bonds. The standard InChI is InChI=1S/C10H14O2S/c1-2-8-6-7-13-9(8)4-3-5-10(11)12/h6-7H,2-5H2,1H3,(H,11,12). The maximum atomic E-state index is 10.3. The molecule has 0 spiro atoms. The molecule has 0 atom stereocenters. The van der Waals surface area contributed by atoms with Crippen LogP contribution >= 0.6 is 11.3 Å². The highest BCUT2D eigenvalue weighted by Crippen LogP contribution is 2.19. The van der Waals surface area contributed by atoms with Crippen molar-refractivity contribution >= 4 is 17.3 Å². The van der Waals surface area contributed by atoms with Crippen LogP contribution < -0.4 is 0 Å². The van der Waals surface area contributed by atoms with E-state index in [4.69, 9.17) is 5.11 Å². The maximum absolute atomic E-state index is 10.3. The van der Waals surface area contributed by atoms with E-state index in [1.54, 1.807) is 11.3 Å². The Morgan fingerprint density at radius 1 is 1.62 bits per heavy atom. The zero-order chi connectivity index (χ0) is 9.68. The van der Waals surface area contributed by atoms with E-state index < -0.39 is 5.97 Å². The lowest BCUT2D eigenvalue weighted by atomic mass is 10.1. The molecule has 0 bridgehead atoms. The Balaban J connectivity index is 2.40. The van der Waals surface area contributed by atoms with Crippen molar-refractivity contribution in [2.24, 2.45) is 0 Å². The monoisotopic (exact) mass is 198 g/mol. The summed E-state index contributed by atoms with van der Waals surface area (Å²) in [6.07, 6.45) is 2.99. The topological polar surface area (TPSA) is 37.3 Å². The number of hydrogen-bond acceptors (Lipinski definition) is 2. The van der Waals surface area contributed by atoms with Gasteiger partial charge in [-0.25, -0.2) is 0 Å². The van der Waals surface area contributed by atoms with Gasteiger partial charge in [0.25, 0.3) is 0 Å². The van der Waals surface area contributed by atoms with E-state index in [0.29, 0.717) is 0 Å². The van der Waals surface area contributed by atoms with Crippen molar-refractivity contribution in [3.63, 3.8) is 0 Å². The van der Waals surface area contributed by atoms with Crippen LogP contribution in [0, 0.1) is 0 Å². The molecule has 1 N–H and O–H groups in total. The highest BCUT2D eigenvalue weighted by Gasteiger charge is 2.03. The van der Waals surface area contributed by atoms with Gasteiger partial charge in [-0.1, -0.05) is 6.92 Å². The summed E-state index contributed by atoms with van der Waals surface area (Å²) in [6.45, 7) is 2.13. The second kappa shape index (κ2) is 5.02. The van der Waals surface area contributed by atoms with Crippen LogP contribution in [0.25, 0.3) is 0 Å². The molecule has 1 aromatic rings. The van der Waals surface area contributed by atoms with Crippen LogP contribution in [0.2, 0.25) is 0 Å². The summed E-state index contributed by atoms with van der Waals surface area (Å²) in [7, 11) is 0. The van der Waals surface area contributed by atoms with E-state index in [1.807, 2.05) is 0 Å². The van der Waals surface area contributed by atoms with Crippen molar-refractivity contribution in [2.45, 2.75) is 32.6 Å². The first-order valence-electron chi connectivity index (χ1n) is 4.51. The molecule has 0 aliphatic carbocycles. The number of hydrogen-bond donors (Lipinski definition) is 1. The summed E-state index contributed by atoms with van der Waals surface area (Å²) < 4.78 is 0. The van der Waals surface area contributed by atoms with Gasteiger partial charge >= 0.3 is 5.97 Å². The molecule has 72 valence electrons. The Bertz CT molecular complexity index is 278.